The predicted molar refractivity (Wildman–Crippen MR) is 66.5 cm³/mol. The Morgan fingerprint density at radius 3 is 2.93 bits per heavy atom. The number of nitrogens with one attached hydrogen (secondary N) is 1. The van der Waals surface area contributed by atoms with Crippen LogP contribution in [0, 0.1) is 5.92 Å². The van der Waals surface area contributed by atoms with E-state index in [1.807, 2.05) is 0 Å². The Morgan fingerprint density at radius 1 is 1.43 bits per heavy atom. The van der Waals surface area contributed by atoms with Crippen LogP contribution < -0.4 is 5.32 Å². The van der Waals surface area contributed by atoms with Gasteiger partial charge in [-0.3, -0.25) is 0 Å². The second-order valence-electron chi connectivity index (χ2n) is 3.76. The van der Waals surface area contributed by atoms with Crippen molar-refractivity contribution in [2.24, 2.45) is 5.92 Å². The highest BCUT2D eigenvalue weighted by Crippen LogP contribution is 2.41. The Labute approximate surface area is 94.3 Å². The molecule has 0 fully saturated rings. The number of thioether (sulfide) groups is 1. The summed E-state index contributed by atoms with van der Waals surface area (Å²) in [5, 5.41) is 8.78. The maximum absolute atomic E-state index is 3.53. The van der Waals surface area contributed by atoms with Crippen LogP contribution in [0.2, 0.25) is 0 Å². The van der Waals surface area contributed by atoms with Crippen LogP contribution >= 0.6 is 23.1 Å². The molecule has 1 N–H and O–H groups in total. The third-order valence-electron chi connectivity index (χ3n) is 2.97. The molecule has 2 rings (SSSR count). The first-order valence-electron chi connectivity index (χ1n) is 5.31. The largest absolute Gasteiger partial charge is 0.382 e. The van der Waals surface area contributed by atoms with Gasteiger partial charge in [-0.15, -0.1) is 23.1 Å². The molecule has 0 amide bonds. The number of hydrogen-bond donors (Lipinski definition) is 1. The fourth-order valence-electron chi connectivity index (χ4n) is 2.00. The van der Waals surface area contributed by atoms with Gasteiger partial charge in [-0.2, -0.15) is 0 Å². The molecule has 0 aliphatic carbocycles. The molecule has 1 aliphatic rings. The zero-order chi connectivity index (χ0) is 9.97. The topological polar surface area (TPSA) is 12.0 Å². The summed E-state index contributed by atoms with van der Waals surface area (Å²) in [4.78, 5) is 1.46. The maximum atomic E-state index is 3.53. The monoisotopic (exact) mass is 227 g/mol. The van der Waals surface area contributed by atoms with E-state index in [0.29, 0.717) is 0 Å². The van der Waals surface area contributed by atoms with Gasteiger partial charge in [-0.25, -0.2) is 0 Å². The molecule has 1 unspecified atom stereocenters. The molecule has 1 nitrogen and oxygen atoms in total. The smallest absolute Gasteiger partial charge is 0.0587 e. The van der Waals surface area contributed by atoms with Gasteiger partial charge in [0.05, 0.1) is 5.69 Å². The lowest BCUT2D eigenvalue weighted by Crippen LogP contribution is -2.27. The molecule has 0 radical (unpaired) electrons. The molecule has 1 aromatic rings. The van der Waals surface area contributed by atoms with E-state index < -0.39 is 0 Å². The first-order valence-corrected chi connectivity index (χ1v) is 7.14. The minimum atomic E-state index is 0.770. The van der Waals surface area contributed by atoms with Gasteiger partial charge in [0, 0.05) is 27.5 Å². The van der Waals surface area contributed by atoms with Crippen molar-refractivity contribution in [1.82, 2.24) is 0 Å². The fourth-order valence-corrected chi connectivity index (χ4v) is 4.45. The molecule has 1 aromatic heterocycles. The van der Waals surface area contributed by atoms with Crippen LogP contribution in [0.25, 0.3) is 0 Å². The van der Waals surface area contributed by atoms with Crippen molar-refractivity contribution in [2.45, 2.75) is 36.8 Å². The number of anilines is 1. The Balaban J connectivity index is 2.06. The van der Waals surface area contributed by atoms with Crippen molar-refractivity contribution in [2.75, 3.05) is 11.9 Å². The fraction of sp³-hybridized carbons (Fsp3) is 0.636. The van der Waals surface area contributed by atoms with Crippen LogP contribution in [0.3, 0.4) is 0 Å². The van der Waals surface area contributed by atoms with Crippen LogP contribution in [0.1, 0.15) is 26.7 Å². The Morgan fingerprint density at radius 2 is 2.21 bits per heavy atom. The molecule has 0 aromatic carbocycles. The van der Waals surface area contributed by atoms with Crippen molar-refractivity contribution in [1.29, 1.82) is 0 Å². The Hall–Kier alpha value is -0.150. The zero-order valence-electron chi connectivity index (χ0n) is 8.75. The number of thiophene rings is 1. The molecule has 1 aliphatic heterocycles. The Kier molecular flexibility index (Phi) is 3.39. The molecule has 14 heavy (non-hydrogen) atoms. The standard InChI is InChI=1S/C11H17NS2/c1-3-8(4-2)10-5-12-9-6-13-7-11(9)14-10/h6-8,10,12H,3-5H2,1-2H3. The van der Waals surface area contributed by atoms with E-state index in [1.54, 1.807) is 11.3 Å². The quantitative estimate of drug-likeness (QED) is 0.835. The summed E-state index contributed by atoms with van der Waals surface area (Å²) in [5.41, 5.74) is 1.35. The summed E-state index contributed by atoms with van der Waals surface area (Å²) >= 11 is 3.87. The average molecular weight is 227 g/mol. The van der Waals surface area contributed by atoms with E-state index in [9.17, 15) is 0 Å². The maximum Gasteiger partial charge on any atom is 0.0587 e. The third-order valence-corrected chi connectivity index (χ3v) is 5.31. The van der Waals surface area contributed by atoms with Crippen LogP contribution in [0.15, 0.2) is 15.7 Å². The van der Waals surface area contributed by atoms with E-state index in [0.717, 1.165) is 17.7 Å². The lowest BCUT2D eigenvalue weighted by atomic mass is 9.99. The second-order valence-corrected chi connectivity index (χ2v) is 5.79. The molecule has 1 atom stereocenters. The normalized spacial score (nSPS) is 20.6. The van der Waals surface area contributed by atoms with Crippen LogP contribution in [0.4, 0.5) is 5.69 Å². The first kappa shape index (κ1) is 10.4. The highest BCUT2D eigenvalue weighted by molar-refractivity contribution is 8.00. The Bertz CT molecular complexity index is 291. The van der Waals surface area contributed by atoms with Gasteiger partial charge < -0.3 is 5.32 Å². The second kappa shape index (κ2) is 4.58. The van der Waals surface area contributed by atoms with Crippen molar-refractivity contribution in [3.63, 3.8) is 0 Å². The van der Waals surface area contributed by atoms with Crippen molar-refractivity contribution >= 4 is 28.8 Å². The number of fused-ring (bicyclic) bond motifs is 1. The summed E-state index contributed by atoms with van der Waals surface area (Å²) in [7, 11) is 0. The van der Waals surface area contributed by atoms with Crippen LogP contribution in [-0.4, -0.2) is 11.8 Å². The van der Waals surface area contributed by atoms with Gasteiger partial charge in [0.2, 0.25) is 0 Å². The van der Waals surface area contributed by atoms with Gasteiger partial charge in [0.1, 0.15) is 0 Å². The molecule has 3 heteroatoms. The minimum absolute atomic E-state index is 0.770. The van der Waals surface area contributed by atoms with Gasteiger partial charge in [0.25, 0.3) is 0 Å². The lowest BCUT2D eigenvalue weighted by Gasteiger charge is -2.29. The van der Waals surface area contributed by atoms with Gasteiger partial charge in [0.15, 0.2) is 0 Å². The van der Waals surface area contributed by atoms with E-state index >= 15 is 0 Å². The summed E-state index contributed by atoms with van der Waals surface area (Å²) in [5.74, 6) is 0.862. The van der Waals surface area contributed by atoms with Gasteiger partial charge in [-0.05, 0) is 5.92 Å². The van der Waals surface area contributed by atoms with Crippen LogP contribution in [-0.2, 0) is 0 Å². The first-order chi connectivity index (χ1) is 6.85. The lowest BCUT2D eigenvalue weighted by molar-refractivity contribution is 0.479. The van der Waals surface area contributed by atoms with E-state index in [-0.39, 0.29) is 0 Å². The van der Waals surface area contributed by atoms with Crippen molar-refractivity contribution < 1.29 is 0 Å². The van der Waals surface area contributed by atoms with Crippen molar-refractivity contribution in [3.8, 4) is 0 Å². The third kappa shape index (κ3) is 1.94. The molecule has 0 saturated carbocycles. The molecular formula is C11H17NS2. The van der Waals surface area contributed by atoms with Gasteiger partial charge >= 0.3 is 0 Å². The van der Waals surface area contributed by atoms with E-state index in [1.165, 1.54) is 23.4 Å². The molecule has 0 bridgehead atoms. The van der Waals surface area contributed by atoms with Crippen LogP contribution in [0.5, 0.6) is 0 Å². The molecule has 2 heterocycles. The molecular weight excluding hydrogens is 210 g/mol. The zero-order valence-corrected chi connectivity index (χ0v) is 10.4. The summed E-state index contributed by atoms with van der Waals surface area (Å²) < 4.78 is 0. The molecule has 0 spiro atoms. The highest BCUT2D eigenvalue weighted by Gasteiger charge is 2.24. The molecule has 0 saturated heterocycles. The van der Waals surface area contributed by atoms with Crippen molar-refractivity contribution in [3.05, 3.63) is 10.8 Å². The minimum Gasteiger partial charge on any atom is -0.382 e. The molecule has 78 valence electrons. The SMILES string of the molecule is CCC(CC)C1CNc2cscc2S1. The van der Waals surface area contributed by atoms with E-state index in [2.05, 4.69) is 41.7 Å². The summed E-state index contributed by atoms with van der Waals surface area (Å²) in [6.07, 6.45) is 2.60. The summed E-state index contributed by atoms with van der Waals surface area (Å²) in [6.45, 7) is 5.75. The highest BCUT2D eigenvalue weighted by atomic mass is 32.2. The number of hydrogen-bond acceptors (Lipinski definition) is 3. The average Bonchev–Trinajstić information content (AvgIpc) is 2.66. The number of rotatable bonds is 3. The van der Waals surface area contributed by atoms with E-state index in [4.69, 9.17) is 0 Å². The van der Waals surface area contributed by atoms with Gasteiger partial charge in [-0.1, -0.05) is 26.7 Å². The summed E-state index contributed by atoms with van der Waals surface area (Å²) in [6, 6.07) is 0. The predicted octanol–water partition coefficient (Wildman–Crippen LogP) is 4.07.